The van der Waals surface area contributed by atoms with Gasteiger partial charge in [-0.1, -0.05) is 108 Å². The van der Waals surface area contributed by atoms with Gasteiger partial charge < -0.3 is 42.6 Å². The van der Waals surface area contributed by atoms with Crippen molar-refractivity contribution < 1.29 is 81.0 Å². The Morgan fingerprint density at radius 1 is 0.505 bits per heavy atom. The molecule has 9 saturated carbocycles. The van der Waals surface area contributed by atoms with Gasteiger partial charge >= 0.3 is 47.9 Å². The van der Waals surface area contributed by atoms with Crippen LogP contribution in [0.2, 0.25) is 0 Å². The molecule has 17 nitrogen and oxygen atoms in total. The Bertz CT molecular complexity index is 2320. The number of carbonyl (C=O) groups is 8. The first-order chi connectivity index (χ1) is 38.9. The summed E-state index contributed by atoms with van der Waals surface area (Å²) < 4.78 is 48.6. The van der Waals surface area contributed by atoms with Crippen LogP contribution in [0.1, 0.15) is 292 Å². The molecule has 12 aliphatic rings. The van der Waals surface area contributed by atoms with Gasteiger partial charge in [0.1, 0.15) is 35.6 Å². The van der Waals surface area contributed by atoms with E-state index in [1.165, 1.54) is 44.9 Å². The van der Waals surface area contributed by atoms with Crippen LogP contribution in [-0.2, 0) is 76.2 Å². The number of hydrogen-bond acceptors (Lipinski definition) is 17. The van der Waals surface area contributed by atoms with Crippen LogP contribution in [0.15, 0.2) is 0 Å². The molecular weight excluding hydrogens is 1160 g/mol. The van der Waals surface area contributed by atoms with Gasteiger partial charge in [0.2, 0.25) is 6.79 Å². The summed E-state index contributed by atoms with van der Waals surface area (Å²) in [5.74, 6) is 2.66. The standard InChI is InChI=1S/C19H32O2.C18H26O6.C16H22O7.C13H24O2.8CH4/c1-6-18(4,5)17(20)21-19(12(2)3)15-8-13-7-14(10-15)11-16(19)9-13;1-4-18(2,3)17(21)22-9-14(19)24-15-11-5-10-6-12(8-11)16(20)23-13(15)7-10;1-4-16(2,3)14(18)20-7-21-15(19)23-11-8-5-9-10(6-8)13(17)22-12(9)11;1-5-12(3,4)11(14)15-13(6-2)9-7-8-10-13;;;;;;;;/h12-16H,6-11H2,1-5H3;10-13,15H,4-9H2,1-3H3;8-12H,4-7H2,1-3H3;5-10H2,1-4H3;8*1H4. The summed E-state index contributed by atoms with van der Waals surface area (Å²) in [7, 11) is 0. The Morgan fingerprint density at radius 2 is 0.978 bits per heavy atom. The zero-order chi connectivity index (χ0) is 61.2. The third-order valence-corrected chi connectivity index (χ3v) is 22.2. The van der Waals surface area contributed by atoms with E-state index in [-0.39, 0.29) is 154 Å². The molecule has 10 unspecified atom stereocenters. The van der Waals surface area contributed by atoms with Crippen LogP contribution in [0.5, 0.6) is 0 Å². The first-order valence-electron chi connectivity index (χ1n) is 32.1. The molecule has 91 heavy (non-hydrogen) atoms. The molecule has 10 atom stereocenters. The summed E-state index contributed by atoms with van der Waals surface area (Å²) in [6, 6.07) is 0. The lowest BCUT2D eigenvalue weighted by molar-refractivity contribution is -0.231. The van der Waals surface area contributed by atoms with E-state index in [0.29, 0.717) is 42.9 Å². The molecule has 10 bridgehead atoms. The van der Waals surface area contributed by atoms with Crippen molar-refractivity contribution in [1.82, 2.24) is 0 Å². The fraction of sp³-hybridized carbons (Fsp3) is 0.892. The van der Waals surface area contributed by atoms with Crippen molar-refractivity contribution in [1.29, 1.82) is 0 Å². The highest BCUT2D eigenvalue weighted by molar-refractivity contribution is 5.80. The Kier molecular flexibility index (Phi) is 34.4. The fourth-order valence-corrected chi connectivity index (χ4v) is 15.4. The molecule has 9 aliphatic carbocycles. The van der Waals surface area contributed by atoms with Crippen molar-refractivity contribution in [2.24, 2.45) is 86.8 Å². The minimum atomic E-state index is -0.899. The van der Waals surface area contributed by atoms with Gasteiger partial charge in [0.25, 0.3) is 0 Å². The Labute approximate surface area is 554 Å². The molecule has 0 aromatic heterocycles. The molecule has 534 valence electrons. The average molecular weight is 1300 g/mol. The number of carbonyl (C=O) groups excluding carboxylic acids is 8. The van der Waals surface area contributed by atoms with Crippen molar-refractivity contribution in [3.05, 3.63) is 0 Å². The van der Waals surface area contributed by atoms with E-state index < -0.39 is 53.9 Å². The third-order valence-electron chi connectivity index (χ3n) is 22.2. The van der Waals surface area contributed by atoms with Crippen molar-refractivity contribution in [2.45, 2.75) is 327 Å². The van der Waals surface area contributed by atoms with Gasteiger partial charge in [-0.15, -0.1) is 0 Å². The molecule has 12 fully saturated rings. The van der Waals surface area contributed by atoms with Crippen LogP contribution in [0.4, 0.5) is 4.79 Å². The highest BCUT2D eigenvalue weighted by Crippen LogP contribution is 2.62. The van der Waals surface area contributed by atoms with E-state index in [1.54, 1.807) is 27.7 Å². The SMILES string of the molecule is C.C.C.C.C.C.C.C.CCC(C)(C)C(=O)OC1(C(C)C)C2CC3CC(C2)CC1C3.CCC(C)(C)C(=O)OCC(=O)OC1C2CC3CC(C2)C(=O)OC1C3.CCC(C)(C)C(=O)OCOC(=O)OC1C2CC3C(=O)OC1C3C2.CCC1(OC(=O)C(C)(C)CC)CCCC1. The van der Waals surface area contributed by atoms with Gasteiger partial charge in [0, 0.05) is 17.8 Å². The number of hydrogen-bond donors (Lipinski definition) is 0. The monoisotopic (exact) mass is 1300 g/mol. The second-order valence-electron chi connectivity index (χ2n) is 29.5. The summed E-state index contributed by atoms with van der Waals surface area (Å²) in [5, 5.41) is 0. The number of rotatable bonds is 18. The third kappa shape index (κ3) is 19.6. The van der Waals surface area contributed by atoms with Gasteiger partial charge in [0.15, 0.2) is 6.61 Å². The van der Waals surface area contributed by atoms with Crippen LogP contribution in [-0.4, -0.2) is 97.0 Å². The number of esters is 7. The zero-order valence-corrected chi connectivity index (χ0v) is 53.2. The molecule has 0 spiro atoms. The van der Waals surface area contributed by atoms with E-state index in [0.717, 1.165) is 76.0 Å². The quantitative estimate of drug-likeness (QED) is 0.0707. The molecule has 3 heterocycles. The highest BCUT2D eigenvalue weighted by atomic mass is 16.8. The fourth-order valence-electron chi connectivity index (χ4n) is 15.4. The topological polar surface area (TPSA) is 220 Å². The van der Waals surface area contributed by atoms with E-state index in [2.05, 4.69) is 27.7 Å². The summed E-state index contributed by atoms with van der Waals surface area (Å²) in [5.41, 5.74) is -2.22. The Hall–Kier alpha value is -4.44. The van der Waals surface area contributed by atoms with Crippen LogP contribution < -0.4 is 0 Å². The lowest BCUT2D eigenvalue weighted by Gasteiger charge is -2.62. The molecule has 0 aromatic rings. The predicted octanol–water partition coefficient (Wildman–Crippen LogP) is 17.9. The van der Waals surface area contributed by atoms with Crippen molar-refractivity contribution >= 4 is 47.9 Å². The highest BCUT2D eigenvalue weighted by Gasteiger charge is 2.64. The molecule has 0 radical (unpaired) electrons. The number of ether oxygens (including phenoxy) is 9. The van der Waals surface area contributed by atoms with Gasteiger partial charge in [-0.05, 0) is 219 Å². The first kappa shape index (κ1) is 88.6. The molecule has 3 aliphatic heterocycles. The molecule has 0 amide bonds. The van der Waals surface area contributed by atoms with Crippen molar-refractivity contribution in [2.75, 3.05) is 13.4 Å². The maximum absolute atomic E-state index is 12.8. The van der Waals surface area contributed by atoms with Crippen LogP contribution in [0, 0.1) is 86.8 Å². The largest absolute Gasteiger partial charge is 0.511 e. The molecule has 3 saturated heterocycles. The summed E-state index contributed by atoms with van der Waals surface area (Å²) in [6.45, 7) is 28.8. The Morgan fingerprint density at radius 3 is 1.47 bits per heavy atom. The van der Waals surface area contributed by atoms with Gasteiger partial charge in [-0.3, -0.25) is 28.8 Å². The van der Waals surface area contributed by atoms with Crippen LogP contribution in [0.25, 0.3) is 0 Å². The summed E-state index contributed by atoms with van der Waals surface area (Å²) in [4.78, 5) is 96.0. The zero-order valence-electron chi connectivity index (χ0n) is 53.2. The maximum Gasteiger partial charge on any atom is 0.511 e. The average Bonchev–Trinajstić information content (AvgIpc) is 1.42. The van der Waals surface area contributed by atoms with Crippen LogP contribution in [0.3, 0.4) is 0 Å². The lowest BCUT2D eigenvalue weighted by atomic mass is 9.47. The second kappa shape index (κ2) is 35.3. The van der Waals surface area contributed by atoms with Crippen LogP contribution >= 0.6 is 0 Å². The Balaban J connectivity index is 0. The van der Waals surface area contributed by atoms with Gasteiger partial charge in [-0.25, -0.2) is 9.59 Å². The minimum Gasteiger partial charge on any atom is -0.459 e. The lowest BCUT2D eigenvalue weighted by Crippen LogP contribution is -2.63. The number of fused-ring (bicyclic) bond motifs is 2. The van der Waals surface area contributed by atoms with Crippen molar-refractivity contribution in [3.63, 3.8) is 0 Å². The molecule has 12 rings (SSSR count). The molecular formula is C74H136O17. The predicted molar refractivity (Wildman–Crippen MR) is 360 cm³/mol. The molecule has 0 N–H and O–H groups in total. The summed E-state index contributed by atoms with van der Waals surface area (Å²) >= 11 is 0. The summed E-state index contributed by atoms with van der Waals surface area (Å²) in [6.07, 6.45) is 17.5. The second-order valence-corrected chi connectivity index (χ2v) is 29.5. The maximum atomic E-state index is 12.8. The minimum absolute atomic E-state index is 0. The van der Waals surface area contributed by atoms with Gasteiger partial charge in [0.05, 0.1) is 33.5 Å². The van der Waals surface area contributed by atoms with E-state index in [4.69, 9.17) is 42.6 Å². The van der Waals surface area contributed by atoms with E-state index >= 15 is 0 Å². The van der Waals surface area contributed by atoms with E-state index in [9.17, 15) is 38.4 Å². The smallest absolute Gasteiger partial charge is 0.459 e. The molecule has 17 heteroatoms. The van der Waals surface area contributed by atoms with Crippen molar-refractivity contribution in [3.8, 4) is 0 Å². The van der Waals surface area contributed by atoms with Gasteiger partial charge in [-0.2, -0.15) is 0 Å². The van der Waals surface area contributed by atoms with E-state index in [1.807, 2.05) is 48.5 Å². The first-order valence-corrected chi connectivity index (χ1v) is 32.1. The molecule has 0 aromatic carbocycles. The normalized spacial score (nSPS) is 30.7.